The van der Waals surface area contributed by atoms with E-state index in [0.29, 0.717) is 11.3 Å². The number of fused-ring (bicyclic) bond motifs is 1. The van der Waals surface area contributed by atoms with Gasteiger partial charge in [-0.1, -0.05) is 6.07 Å². The van der Waals surface area contributed by atoms with E-state index in [9.17, 15) is 4.39 Å². The SMILES string of the molecule is Cn1c(CC#N)nc2c(F)cccc21. The molecule has 1 aromatic heterocycles. The second-order valence-corrected chi connectivity index (χ2v) is 3.03. The molecule has 0 aliphatic carbocycles. The Balaban J connectivity index is 2.74. The summed E-state index contributed by atoms with van der Waals surface area (Å²) < 4.78 is 15.0. The molecule has 0 aliphatic rings. The quantitative estimate of drug-likeness (QED) is 0.686. The minimum atomic E-state index is -0.345. The summed E-state index contributed by atoms with van der Waals surface area (Å²) in [4.78, 5) is 4.07. The van der Waals surface area contributed by atoms with Crippen LogP contribution in [0.2, 0.25) is 0 Å². The summed E-state index contributed by atoms with van der Waals surface area (Å²) in [6.45, 7) is 0. The minimum absolute atomic E-state index is 0.199. The van der Waals surface area contributed by atoms with Crippen LogP contribution in [0.25, 0.3) is 11.0 Å². The molecule has 0 unspecified atom stereocenters. The molecule has 0 fully saturated rings. The molecule has 0 atom stereocenters. The molecule has 0 spiro atoms. The van der Waals surface area contributed by atoms with Crippen molar-refractivity contribution >= 4 is 11.0 Å². The number of nitriles is 1. The fraction of sp³-hybridized carbons (Fsp3) is 0.200. The standard InChI is InChI=1S/C10H8FN3/c1-14-8-4-2-3-7(11)10(8)13-9(14)5-6-12/h2-4H,5H2,1H3. The van der Waals surface area contributed by atoms with Gasteiger partial charge in [-0.3, -0.25) is 0 Å². The van der Waals surface area contributed by atoms with Crippen molar-refractivity contribution in [1.82, 2.24) is 9.55 Å². The number of hydrogen-bond acceptors (Lipinski definition) is 2. The predicted molar refractivity (Wildman–Crippen MR) is 50.0 cm³/mol. The van der Waals surface area contributed by atoms with Crippen molar-refractivity contribution in [2.24, 2.45) is 7.05 Å². The van der Waals surface area contributed by atoms with Gasteiger partial charge in [0.15, 0.2) is 5.82 Å². The number of hydrogen-bond donors (Lipinski definition) is 0. The van der Waals surface area contributed by atoms with E-state index in [2.05, 4.69) is 4.98 Å². The zero-order chi connectivity index (χ0) is 10.1. The van der Waals surface area contributed by atoms with Gasteiger partial charge in [-0.2, -0.15) is 5.26 Å². The molecule has 0 bridgehead atoms. The molecule has 14 heavy (non-hydrogen) atoms. The Kier molecular flexibility index (Phi) is 1.93. The molecule has 0 saturated carbocycles. The van der Waals surface area contributed by atoms with Crippen LogP contribution in [-0.2, 0) is 13.5 Å². The average Bonchev–Trinajstić information content (AvgIpc) is 2.48. The van der Waals surface area contributed by atoms with Gasteiger partial charge in [0.2, 0.25) is 0 Å². The number of nitrogens with zero attached hydrogens (tertiary/aromatic N) is 3. The third-order valence-corrected chi connectivity index (χ3v) is 2.19. The van der Waals surface area contributed by atoms with Crippen molar-refractivity contribution in [2.75, 3.05) is 0 Å². The fourth-order valence-electron chi connectivity index (χ4n) is 1.46. The van der Waals surface area contributed by atoms with Gasteiger partial charge in [0, 0.05) is 7.05 Å². The fourth-order valence-corrected chi connectivity index (χ4v) is 1.46. The molecule has 2 aromatic rings. The van der Waals surface area contributed by atoms with Crippen molar-refractivity contribution in [3.05, 3.63) is 29.8 Å². The van der Waals surface area contributed by atoms with E-state index in [1.807, 2.05) is 6.07 Å². The molecule has 3 nitrogen and oxygen atoms in total. The summed E-state index contributed by atoms with van der Waals surface area (Å²) in [6, 6.07) is 6.78. The van der Waals surface area contributed by atoms with Gasteiger partial charge in [0.1, 0.15) is 11.3 Å². The monoisotopic (exact) mass is 189 g/mol. The first-order valence-electron chi connectivity index (χ1n) is 4.21. The summed E-state index contributed by atoms with van der Waals surface area (Å²) in [6.07, 6.45) is 0.199. The first-order chi connectivity index (χ1) is 6.74. The van der Waals surface area contributed by atoms with E-state index in [4.69, 9.17) is 5.26 Å². The Morgan fingerprint density at radius 1 is 1.57 bits per heavy atom. The van der Waals surface area contributed by atoms with Crippen LogP contribution in [0, 0.1) is 17.1 Å². The van der Waals surface area contributed by atoms with Gasteiger partial charge in [-0.15, -0.1) is 0 Å². The first kappa shape index (κ1) is 8.70. The van der Waals surface area contributed by atoms with Crippen molar-refractivity contribution in [1.29, 1.82) is 5.26 Å². The Morgan fingerprint density at radius 3 is 3.00 bits per heavy atom. The van der Waals surface area contributed by atoms with Gasteiger partial charge in [0.05, 0.1) is 18.0 Å². The lowest BCUT2D eigenvalue weighted by molar-refractivity contribution is 0.637. The Labute approximate surface area is 80.4 Å². The highest BCUT2D eigenvalue weighted by molar-refractivity contribution is 5.76. The molecule has 1 heterocycles. The molecule has 0 amide bonds. The van der Waals surface area contributed by atoms with Gasteiger partial charge < -0.3 is 4.57 Å². The van der Waals surface area contributed by atoms with Crippen molar-refractivity contribution in [3.8, 4) is 6.07 Å². The van der Waals surface area contributed by atoms with Gasteiger partial charge in [-0.25, -0.2) is 9.37 Å². The number of aromatic nitrogens is 2. The molecule has 2 rings (SSSR count). The maximum absolute atomic E-state index is 13.3. The Hall–Kier alpha value is -1.89. The van der Waals surface area contributed by atoms with E-state index < -0.39 is 0 Å². The molecule has 0 N–H and O–H groups in total. The van der Waals surface area contributed by atoms with Crippen LogP contribution in [0.1, 0.15) is 5.82 Å². The molecule has 4 heteroatoms. The number of benzene rings is 1. The van der Waals surface area contributed by atoms with Crippen molar-refractivity contribution in [3.63, 3.8) is 0 Å². The number of rotatable bonds is 1. The summed E-state index contributed by atoms with van der Waals surface area (Å²) in [5, 5.41) is 8.54. The van der Waals surface area contributed by atoms with Crippen LogP contribution >= 0.6 is 0 Å². The van der Waals surface area contributed by atoms with E-state index >= 15 is 0 Å². The highest BCUT2D eigenvalue weighted by Crippen LogP contribution is 2.17. The number of imidazole rings is 1. The van der Waals surface area contributed by atoms with Gasteiger partial charge in [0.25, 0.3) is 0 Å². The van der Waals surface area contributed by atoms with Crippen LogP contribution in [0.4, 0.5) is 4.39 Å². The largest absolute Gasteiger partial charge is 0.330 e. The highest BCUT2D eigenvalue weighted by Gasteiger charge is 2.09. The Morgan fingerprint density at radius 2 is 2.36 bits per heavy atom. The highest BCUT2D eigenvalue weighted by atomic mass is 19.1. The number of halogens is 1. The second-order valence-electron chi connectivity index (χ2n) is 3.03. The third kappa shape index (κ3) is 1.14. The lowest BCUT2D eigenvalue weighted by atomic mass is 10.3. The summed E-state index contributed by atoms with van der Waals surface area (Å²) in [5.41, 5.74) is 1.05. The molecule has 0 aliphatic heterocycles. The van der Waals surface area contributed by atoms with Crippen LogP contribution in [0.5, 0.6) is 0 Å². The molecule has 70 valence electrons. The van der Waals surface area contributed by atoms with Gasteiger partial charge >= 0.3 is 0 Å². The summed E-state index contributed by atoms with van der Waals surface area (Å²) in [5.74, 6) is 0.245. The summed E-state index contributed by atoms with van der Waals surface area (Å²) >= 11 is 0. The van der Waals surface area contributed by atoms with Crippen LogP contribution in [-0.4, -0.2) is 9.55 Å². The Bertz CT molecular complexity index is 522. The van der Waals surface area contributed by atoms with Crippen LogP contribution < -0.4 is 0 Å². The summed E-state index contributed by atoms with van der Waals surface area (Å²) in [7, 11) is 1.78. The van der Waals surface area contributed by atoms with E-state index in [0.717, 1.165) is 5.52 Å². The minimum Gasteiger partial charge on any atom is -0.330 e. The topological polar surface area (TPSA) is 41.6 Å². The first-order valence-corrected chi connectivity index (χ1v) is 4.21. The maximum Gasteiger partial charge on any atom is 0.151 e. The van der Waals surface area contributed by atoms with Crippen molar-refractivity contribution < 1.29 is 4.39 Å². The lowest BCUT2D eigenvalue weighted by Crippen LogP contribution is -1.95. The lowest BCUT2D eigenvalue weighted by Gasteiger charge is -1.96. The predicted octanol–water partition coefficient (Wildman–Crippen LogP) is 1.78. The van der Waals surface area contributed by atoms with E-state index in [1.165, 1.54) is 6.07 Å². The van der Waals surface area contributed by atoms with Crippen LogP contribution in [0.15, 0.2) is 18.2 Å². The molecular weight excluding hydrogens is 181 g/mol. The zero-order valence-corrected chi connectivity index (χ0v) is 7.66. The normalized spacial score (nSPS) is 10.4. The molecule has 0 radical (unpaired) electrons. The average molecular weight is 189 g/mol. The third-order valence-electron chi connectivity index (χ3n) is 2.19. The molecule has 1 aromatic carbocycles. The van der Waals surface area contributed by atoms with Gasteiger partial charge in [-0.05, 0) is 12.1 Å². The smallest absolute Gasteiger partial charge is 0.151 e. The van der Waals surface area contributed by atoms with E-state index in [-0.39, 0.29) is 12.2 Å². The van der Waals surface area contributed by atoms with Crippen molar-refractivity contribution in [2.45, 2.75) is 6.42 Å². The molecular formula is C10H8FN3. The maximum atomic E-state index is 13.3. The second kappa shape index (κ2) is 3.11. The number of para-hydroxylation sites is 1. The van der Waals surface area contributed by atoms with Crippen LogP contribution in [0.3, 0.4) is 0 Å². The number of aryl methyl sites for hydroxylation is 1. The van der Waals surface area contributed by atoms with E-state index in [1.54, 1.807) is 23.7 Å². The zero-order valence-electron chi connectivity index (χ0n) is 7.66. The molecule has 0 saturated heterocycles.